The Hall–Kier alpha value is -2.90. The summed E-state index contributed by atoms with van der Waals surface area (Å²) in [7, 11) is 0. The van der Waals surface area contributed by atoms with Gasteiger partial charge in [-0.3, -0.25) is 9.80 Å². The number of nitrogens with zero attached hydrogens (tertiary/aromatic N) is 2. The van der Waals surface area contributed by atoms with E-state index < -0.39 is 35.5 Å². The van der Waals surface area contributed by atoms with Crippen molar-refractivity contribution in [1.29, 1.82) is 0 Å². The molecule has 0 bridgehead atoms. The lowest BCUT2D eigenvalue weighted by molar-refractivity contribution is -0.154. The largest absolute Gasteiger partial charge is 0.478 e. The normalized spacial score (nSPS) is 18.3. The molecule has 1 aliphatic rings. The van der Waals surface area contributed by atoms with E-state index in [4.69, 9.17) is 9.47 Å². The minimum atomic E-state index is -1.35. The molecule has 36 heavy (non-hydrogen) atoms. The fraction of sp³-hybridized carbons (Fsp3) is 0.517. The predicted octanol–water partition coefficient (Wildman–Crippen LogP) is 5.54. The van der Waals surface area contributed by atoms with Gasteiger partial charge in [-0.2, -0.15) is 0 Å². The zero-order valence-electron chi connectivity index (χ0n) is 22.3. The van der Waals surface area contributed by atoms with E-state index in [1.54, 1.807) is 13.8 Å². The van der Waals surface area contributed by atoms with Crippen molar-refractivity contribution >= 4 is 12.1 Å². The summed E-state index contributed by atoms with van der Waals surface area (Å²) in [4.78, 5) is 29.7. The van der Waals surface area contributed by atoms with Crippen LogP contribution in [0.2, 0.25) is 0 Å². The third-order valence-electron chi connectivity index (χ3n) is 6.56. The van der Waals surface area contributed by atoms with Crippen LogP contribution in [-0.2, 0) is 27.4 Å². The number of carbonyl (C=O) groups excluding carboxylic acids is 1. The molecule has 1 fully saturated rings. The highest BCUT2D eigenvalue weighted by Crippen LogP contribution is 2.36. The van der Waals surface area contributed by atoms with E-state index in [0.717, 1.165) is 11.1 Å². The van der Waals surface area contributed by atoms with Crippen molar-refractivity contribution < 1.29 is 24.2 Å². The first-order valence-corrected chi connectivity index (χ1v) is 12.6. The second kappa shape index (κ2) is 11.4. The van der Waals surface area contributed by atoms with E-state index in [1.165, 1.54) is 4.90 Å². The average Bonchev–Trinajstić information content (AvgIpc) is 3.03. The van der Waals surface area contributed by atoms with Gasteiger partial charge in [0.2, 0.25) is 6.10 Å². The maximum atomic E-state index is 13.5. The van der Waals surface area contributed by atoms with Crippen LogP contribution in [0.5, 0.6) is 0 Å². The van der Waals surface area contributed by atoms with Gasteiger partial charge in [0.25, 0.3) is 0 Å². The molecule has 1 N–H and O–H groups in total. The van der Waals surface area contributed by atoms with E-state index in [9.17, 15) is 14.7 Å². The SMILES string of the molecule is CC(C)C[C@@H]([C@@H](OC(=O)N1C(C)(C)COC1(C)C)C(=O)O)N(Cc1ccccc1)Cc1ccccc1. The Morgan fingerprint density at radius 1 is 0.972 bits per heavy atom. The lowest BCUT2D eigenvalue weighted by atomic mass is 9.96. The number of aliphatic carboxylic acids is 1. The lowest BCUT2D eigenvalue weighted by Gasteiger charge is -2.40. The highest BCUT2D eigenvalue weighted by molar-refractivity contribution is 5.79. The summed E-state index contributed by atoms with van der Waals surface area (Å²) in [5, 5.41) is 10.3. The van der Waals surface area contributed by atoms with E-state index in [2.05, 4.69) is 18.7 Å². The Morgan fingerprint density at radius 3 is 1.86 bits per heavy atom. The van der Waals surface area contributed by atoms with E-state index in [0.29, 0.717) is 26.1 Å². The van der Waals surface area contributed by atoms with Crippen LogP contribution in [0.15, 0.2) is 60.7 Å². The van der Waals surface area contributed by atoms with Crippen LogP contribution >= 0.6 is 0 Å². The van der Waals surface area contributed by atoms with Gasteiger partial charge < -0.3 is 14.6 Å². The topological polar surface area (TPSA) is 79.3 Å². The number of benzene rings is 2. The first kappa shape index (κ1) is 27.7. The van der Waals surface area contributed by atoms with Crippen LogP contribution < -0.4 is 0 Å². The summed E-state index contributed by atoms with van der Waals surface area (Å²) in [6, 6.07) is 19.4. The third-order valence-corrected chi connectivity index (χ3v) is 6.56. The quantitative estimate of drug-likeness (QED) is 0.465. The summed E-state index contributed by atoms with van der Waals surface area (Å²) in [6.07, 6.45) is -1.48. The first-order chi connectivity index (χ1) is 16.9. The minimum Gasteiger partial charge on any atom is -0.478 e. The Kier molecular flexibility index (Phi) is 8.80. The number of hydrogen-bond acceptors (Lipinski definition) is 5. The second-order valence-corrected chi connectivity index (χ2v) is 11.1. The number of carboxylic acids is 1. The number of ether oxygens (including phenoxy) is 2. The van der Waals surface area contributed by atoms with Gasteiger partial charge in [0.05, 0.1) is 18.2 Å². The first-order valence-electron chi connectivity index (χ1n) is 12.6. The lowest BCUT2D eigenvalue weighted by Crippen LogP contribution is -2.56. The molecule has 0 aliphatic carbocycles. The molecule has 7 nitrogen and oxygen atoms in total. The van der Waals surface area contributed by atoms with E-state index in [1.807, 2.05) is 74.5 Å². The van der Waals surface area contributed by atoms with E-state index >= 15 is 0 Å². The van der Waals surface area contributed by atoms with Crippen molar-refractivity contribution in [2.45, 2.75) is 84.5 Å². The number of hydrogen-bond donors (Lipinski definition) is 1. The summed E-state index contributed by atoms with van der Waals surface area (Å²) < 4.78 is 11.7. The van der Waals surface area contributed by atoms with Crippen molar-refractivity contribution in [3.8, 4) is 0 Å². The Labute approximate surface area is 215 Å². The average molecular weight is 497 g/mol. The molecule has 3 rings (SSSR count). The predicted molar refractivity (Wildman–Crippen MR) is 139 cm³/mol. The molecule has 0 aromatic heterocycles. The molecule has 1 saturated heterocycles. The van der Waals surface area contributed by atoms with Crippen LogP contribution in [0.25, 0.3) is 0 Å². The monoisotopic (exact) mass is 496 g/mol. The zero-order valence-corrected chi connectivity index (χ0v) is 22.3. The van der Waals surface area contributed by atoms with Crippen LogP contribution in [0.4, 0.5) is 4.79 Å². The number of rotatable bonds is 10. The van der Waals surface area contributed by atoms with Crippen molar-refractivity contribution in [3.63, 3.8) is 0 Å². The summed E-state index contributed by atoms with van der Waals surface area (Å²) >= 11 is 0. The molecule has 2 aromatic carbocycles. The Morgan fingerprint density at radius 2 is 1.47 bits per heavy atom. The van der Waals surface area contributed by atoms with Crippen molar-refractivity contribution in [1.82, 2.24) is 9.80 Å². The van der Waals surface area contributed by atoms with E-state index in [-0.39, 0.29) is 5.92 Å². The van der Waals surface area contributed by atoms with Gasteiger partial charge in [-0.25, -0.2) is 9.59 Å². The van der Waals surface area contributed by atoms with Gasteiger partial charge in [-0.1, -0.05) is 74.5 Å². The summed E-state index contributed by atoms with van der Waals surface area (Å²) in [5.74, 6) is -0.969. The maximum absolute atomic E-state index is 13.5. The maximum Gasteiger partial charge on any atom is 0.413 e. The molecule has 1 heterocycles. The molecule has 0 spiro atoms. The molecule has 1 amide bonds. The standard InChI is InChI=1S/C29H40N2O5/c1-21(2)17-24(25(26(32)33)36-27(34)31-28(3,4)20-35-29(31,5)6)30(18-22-13-9-7-10-14-22)19-23-15-11-8-12-16-23/h7-16,21,24-25H,17-20H2,1-6H3,(H,32,33)/t24-,25+/m0/s1. The number of carbonyl (C=O) groups is 2. The van der Waals surface area contributed by atoms with Gasteiger partial charge in [-0.05, 0) is 51.2 Å². The van der Waals surface area contributed by atoms with Crippen molar-refractivity contribution in [2.24, 2.45) is 5.92 Å². The van der Waals surface area contributed by atoms with Gasteiger partial charge in [0.1, 0.15) is 5.72 Å². The van der Waals surface area contributed by atoms with Gasteiger partial charge in [-0.15, -0.1) is 0 Å². The molecule has 2 atom stereocenters. The zero-order chi connectivity index (χ0) is 26.5. The fourth-order valence-electron chi connectivity index (χ4n) is 5.01. The molecule has 196 valence electrons. The third kappa shape index (κ3) is 6.86. The second-order valence-electron chi connectivity index (χ2n) is 11.1. The van der Waals surface area contributed by atoms with Gasteiger partial charge in [0.15, 0.2) is 0 Å². The fourth-order valence-corrected chi connectivity index (χ4v) is 5.01. The summed E-state index contributed by atoms with van der Waals surface area (Å²) in [5.41, 5.74) is 0.608. The molecule has 0 unspecified atom stereocenters. The van der Waals surface area contributed by atoms with Crippen LogP contribution in [-0.4, -0.2) is 57.0 Å². The highest BCUT2D eigenvalue weighted by Gasteiger charge is 2.51. The molecule has 1 aliphatic heterocycles. The Balaban J connectivity index is 1.97. The molecule has 2 aromatic rings. The molecule has 0 saturated carbocycles. The highest BCUT2D eigenvalue weighted by atomic mass is 16.6. The molecule has 7 heteroatoms. The molecular formula is C29H40N2O5. The van der Waals surface area contributed by atoms with Crippen molar-refractivity contribution in [2.75, 3.05) is 6.61 Å². The van der Waals surface area contributed by atoms with Crippen molar-refractivity contribution in [3.05, 3.63) is 71.8 Å². The van der Waals surface area contributed by atoms with Gasteiger partial charge in [0, 0.05) is 13.1 Å². The number of carboxylic acid groups (broad SMARTS) is 1. The summed E-state index contributed by atoms with van der Waals surface area (Å²) in [6.45, 7) is 12.9. The van der Waals surface area contributed by atoms with Crippen LogP contribution in [0.1, 0.15) is 59.1 Å². The van der Waals surface area contributed by atoms with Crippen LogP contribution in [0.3, 0.4) is 0 Å². The van der Waals surface area contributed by atoms with Gasteiger partial charge >= 0.3 is 12.1 Å². The molecular weight excluding hydrogens is 456 g/mol. The Bertz CT molecular complexity index is 949. The smallest absolute Gasteiger partial charge is 0.413 e. The van der Waals surface area contributed by atoms with Crippen LogP contribution in [0, 0.1) is 5.92 Å². The molecule has 0 radical (unpaired) electrons. The number of amides is 1. The minimum absolute atomic E-state index is 0.188.